The molecule has 82 valence electrons. The SMILES string of the molecule is COC1CCN(c2ncnc(N)c2C)C1. The molecule has 0 aliphatic carbocycles. The lowest BCUT2D eigenvalue weighted by Crippen LogP contribution is -2.24. The van der Waals surface area contributed by atoms with E-state index in [1.54, 1.807) is 7.11 Å². The van der Waals surface area contributed by atoms with Gasteiger partial charge in [0.05, 0.1) is 6.10 Å². The Labute approximate surface area is 89.3 Å². The van der Waals surface area contributed by atoms with Crippen molar-refractivity contribution in [3.8, 4) is 0 Å². The van der Waals surface area contributed by atoms with Crippen LogP contribution in [0.25, 0.3) is 0 Å². The average molecular weight is 208 g/mol. The Hall–Kier alpha value is -1.36. The van der Waals surface area contributed by atoms with E-state index in [-0.39, 0.29) is 0 Å². The molecule has 0 amide bonds. The topological polar surface area (TPSA) is 64.3 Å². The van der Waals surface area contributed by atoms with E-state index in [1.165, 1.54) is 6.33 Å². The molecule has 0 radical (unpaired) electrons. The average Bonchev–Trinajstić information content (AvgIpc) is 2.70. The third-order valence-electron chi connectivity index (χ3n) is 2.87. The lowest BCUT2D eigenvalue weighted by Gasteiger charge is -2.19. The van der Waals surface area contributed by atoms with Gasteiger partial charge in [0.1, 0.15) is 18.0 Å². The summed E-state index contributed by atoms with van der Waals surface area (Å²) in [6.45, 7) is 3.80. The van der Waals surface area contributed by atoms with Crippen LogP contribution >= 0.6 is 0 Å². The van der Waals surface area contributed by atoms with Gasteiger partial charge in [-0.2, -0.15) is 0 Å². The molecular weight excluding hydrogens is 192 g/mol. The van der Waals surface area contributed by atoms with Gasteiger partial charge in [0.2, 0.25) is 0 Å². The van der Waals surface area contributed by atoms with Gasteiger partial charge in [0, 0.05) is 25.8 Å². The van der Waals surface area contributed by atoms with Gasteiger partial charge < -0.3 is 15.4 Å². The van der Waals surface area contributed by atoms with Crippen LogP contribution in [0.1, 0.15) is 12.0 Å². The largest absolute Gasteiger partial charge is 0.383 e. The number of anilines is 2. The third kappa shape index (κ3) is 1.87. The highest BCUT2D eigenvalue weighted by molar-refractivity contribution is 5.56. The van der Waals surface area contributed by atoms with Crippen molar-refractivity contribution < 1.29 is 4.74 Å². The molecule has 0 bridgehead atoms. The van der Waals surface area contributed by atoms with Gasteiger partial charge >= 0.3 is 0 Å². The third-order valence-corrected chi connectivity index (χ3v) is 2.87. The number of ether oxygens (including phenoxy) is 1. The van der Waals surface area contributed by atoms with Gasteiger partial charge in [-0.3, -0.25) is 0 Å². The van der Waals surface area contributed by atoms with Crippen LogP contribution < -0.4 is 10.6 Å². The summed E-state index contributed by atoms with van der Waals surface area (Å²) in [7, 11) is 1.75. The van der Waals surface area contributed by atoms with Crippen LogP contribution in [0, 0.1) is 6.92 Å². The van der Waals surface area contributed by atoms with E-state index in [2.05, 4.69) is 14.9 Å². The van der Waals surface area contributed by atoms with Gasteiger partial charge in [0.25, 0.3) is 0 Å². The smallest absolute Gasteiger partial charge is 0.137 e. The fourth-order valence-electron chi connectivity index (χ4n) is 1.89. The van der Waals surface area contributed by atoms with Crippen LogP contribution in [-0.4, -0.2) is 36.3 Å². The second-order valence-electron chi connectivity index (χ2n) is 3.80. The van der Waals surface area contributed by atoms with Crippen molar-refractivity contribution >= 4 is 11.6 Å². The van der Waals surface area contributed by atoms with E-state index < -0.39 is 0 Å². The molecule has 0 spiro atoms. The zero-order valence-electron chi connectivity index (χ0n) is 9.10. The van der Waals surface area contributed by atoms with Crippen LogP contribution in [-0.2, 0) is 4.74 Å². The Morgan fingerprint density at radius 1 is 1.53 bits per heavy atom. The molecule has 1 unspecified atom stereocenters. The van der Waals surface area contributed by atoms with E-state index >= 15 is 0 Å². The van der Waals surface area contributed by atoms with Crippen molar-refractivity contribution in [2.24, 2.45) is 0 Å². The van der Waals surface area contributed by atoms with Crippen molar-refractivity contribution in [1.82, 2.24) is 9.97 Å². The molecule has 1 atom stereocenters. The van der Waals surface area contributed by atoms with E-state index in [0.29, 0.717) is 11.9 Å². The summed E-state index contributed by atoms with van der Waals surface area (Å²) in [6, 6.07) is 0. The summed E-state index contributed by atoms with van der Waals surface area (Å²) < 4.78 is 5.32. The first-order chi connectivity index (χ1) is 7.22. The number of hydrogen-bond donors (Lipinski definition) is 1. The lowest BCUT2D eigenvalue weighted by molar-refractivity contribution is 0.121. The molecule has 1 aliphatic heterocycles. The van der Waals surface area contributed by atoms with Crippen molar-refractivity contribution in [1.29, 1.82) is 0 Å². The first-order valence-electron chi connectivity index (χ1n) is 5.07. The van der Waals surface area contributed by atoms with E-state index in [1.807, 2.05) is 6.92 Å². The Morgan fingerprint density at radius 3 is 3.00 bits per heavy atom. The number of nitrogen functional groups attached to an aromatic ring is 1. The van der Waals surface area contributed by atoms with Gasteiger partial charge in [-0.15, -0.1) is 0 Å². The summed E-state index contributed by atoms with van der Waals surface area (Å²) in [5.41, 5.74) is 6.70. The monoisotopic (exact) mass is 208 g/mol. The predicted octanol–water partition coefficient (Wildman–Crippen LogP) is 0.592. The van der Waals surface area contributed by atoms with Crippen molar-refractivity contribution in [2.75, 3.05) is 30.8 Å². The van der Waals surface area contributed by atoms with Gasteiger partial charge in [0.15, 0.2) is 0 Å². The zero-order chi connectivity index (χ0) is 10.8. The molecular formula is C10H16N4O. The maximum absolute atomic E-state index is 5.75. The molecule has 1 aliphatic rings. The minimum atomic E-state index is 0.306. The first-order valence-corrected chi connectivity index (χ1v) is 5.07. The van der Waals surface area contributed by atoms with Gasteiger partial charge in [-0.05, 0) is 13.3 Å². The standard InChI is InChI=1S/C10H16N4O/c1-7-9(11)12-6-13-10(7)14-4-3-8(5-14)15-2/h6,8H,3-5H2,1-2H3,(H2,11,12,13). The number of aromatic nitrogens is 2. The van der Waals surface area contributed by atoms with E-state index in [4.69, 9.17) is 10.5 Å². The summed E-state index contributed by atoms with van der Waals surface area (Å²) in [4.78, 5) is 10.4. The molecule has 5 heteroatoms. The highest BCUT2D eigenvalue weighted by Crippen LogP contribution is 2.24. The maximum atomic E-state index is 5.75. The molecule has 0 aromatic carbocycles. The van der Waals surface area contributed by atoms with Gasteiger partial charge in [-0.25, -0.2) is 9.97 Å². The quantitative estimate of drug-likeness (QED) is 0.770. The molecule has 2 heterocycles. The summed E-state index contributed by atoms with van der Waals surface area (Å²) in [5, 5.41) is 0. The second-order valence-corrected chi connectivity index (χ2v) is 3.80. The van der Waals surface area contributed by atoms with Crippen molar-refractivity contribution in [2.45, 2.75) is 19.4 Å². The predicted molar refractivity (Wildman–Crippen MR) is 58.8 cm³/mol. The Kier molecular flexibility index (Phi) is 2.73. The minimum absolute atomic E-state index is 0.306. The highest BCUT2D eigenvalue weighted by Gasteiger charge is 2.24. The summed E-state index contributed by atoms with van der Waals surface area (Å²) in [5.74, 6) is 1.49. The molecule has 1 aromatic heterocycles. The molecule has 15 heavy (non-hydrogen) atoms. The van der Waals surface area contributed by atoms with E-state index in [9.17, 15) is 0 Å². The van der Waals surface area contributed by atoms with Crippen LogP contribution in [0.5, 0.6) is 0 Å². The van der Waals surface area contributed by atoms with Crippen LogP contribution in [0.15, 0.2) is 6.33 Å². The summed E-state index contributed by atoms with van der Waals surface area (Å²) in [6.07, 6.45) is 2.86. The van der Waals surface area contributed by atoms with E-state index in [0.717, 1.165) is 30.9 Å². The highest BCUT2D eigenvalue weighted by atomic mass is 16.5. The number of nitrogens with two attached hydrogens (primary N) is 1. The number of rotatable bonds is 2. The summed E-state index contributed by atoms with van der Waals surface area (Å²) >= 11 is 0. The normalized spacial score (nSPS) is 20.9. The first kappa shape index (κ1) is 10.2. The number of hydrogen-bond acceptors (Lipinski definition) is 5. The van der Waals surface area contributed by atoms with Crippen LogP contribution in [0.2, 0.25) is 0 Å². The molecule has 0 saturated carbocycles. The minimum Gasteiger partial charge on any atom is -0.383 e. The fourth-order valence-corrected chi connectivity index (χ4v) is 1.89. The molecule has 2 rings (SSSR count). The zero-order valence-corrected chi connectivity index (χ0v) is 9.10. The lowest BCUT2D eigenvalue weighted by atomic mass is 10.3. The number of methoxy groups -OCH3 is 1. The molecule has 5 nitrogen and oxygen atoms in total. The van der Waals surface area contributed by atoms with Crippen molar-refractivity contribution in [3.63, 3.8) is 0 Å². The Bertz CT molecular complexity index is 355. The van der Waals surface area contributed by atoms with Crippen LogP contribution in [0.3, 0.4) is 0 Å². The molecule has 1 saturated heterocycles. The van der Waals surface area contributed by atoms with Crippen LogP contribution in [0.4, 0.5) is 11.6 Å². The fraction of sp³-hybridized carbons (Fsp3) is 0.600. The van der Waals surface area contributed by atoms with Crippen molar-refractivity contribution in [3.05, 3.63) is 11.9 Å². The molecule has 1 aromatic rings. The maximum Gasteiger partial charge on any atom is 0.137 e. The van der Waals surface area contributed by atoms with Gasteiger partial charge in [-0.1, -0.05) is 0 Å². The Balaban J connectivity index is 2.20. The molecule has 1 fully saturated rings. The number of nitrogens with zero attached hydrogens (tertiary/aromatic N) is 3. The Morgan fingerprint density at radius 2 is 2.33 bits per heavy atom. The second kappa shape index (κ2) is 4.02. The molecule has 2 N–H and O–H groups in total.